The van der Waals surface area contributed by atoms with Crippen molar-refractivity contribution in [1.29, 1.82) is 0 Å². The van der Waals surface area contributed by atoms with Crippen LogP contribution in [0.5, 0.6) is 0 Å². The highest BCUT2D eigenvalue weighted by molar-refractivity contribution is 7.85. The topological polar surface area (TPSA) is 72.2 Å². The van der Waals surface area contributed by atoms with Gasteiger partial charge in [-0.1, -0.05) is 13.0 Å². The first-order valence-corrected chi connectivity index (χ1v) is 7.63. The molecule has 5 heteroatoms. The second-order valence-corrected chi connectivity index (χ2v) is 6.67. The molecule has 0 saturated heterocycles. The summed E-state index contributed by atoms with van der Waals surface area (Å²) in [6, 6.07) is 5.26. The Morgan fingerprint density at radius 3 is 2.63 bits per heavy atom. The van der Waals surface area contributed by atoms with Gasteiger partial charge in [-0.3, -0.25) is 9.00 Å². The van der Waals surface area contributed by atoms with E-state index in [1.54, 1.807) is 18.2 Å². The molecular formula is C14H22N2O2S. The third-order valence-corrected chi connectivity index (χ3v) is 4.65. The fourth-order valence-corrected chi connectivity index (χ4v) is 2.73. The zero-order valence-corrected chi connectivity index (χ0v) is 12.8. The highest BCUT2D eigenvalue weighted by atomic mass is 32.2. The molecule has 0 fully saturated rings. The number of nitrogens with two attached hydrogens (primary N) is 1. The highest BCUT2D eigenvalue weighted by Gasteiger charge is 2.20. The molecule has 1 unspecified atom stereocenters. The van der Waals surface area contributed by atoms with E-state index in [4.69, 9.17) is 5.73 Å². The summed E-state index contributed by atoms with van der Waals surface area (Å²) in [7, 11) is -1.36. The maximum absolute atomic E-state index is 12.2. The Morgan fingerprint density at radius 2 is 2.05 bits per heavy atom. The van der Waals surface area contributed by atoms with Crippen molar-refractivity contribution in [3.8, 4) is 0 Å². The molecule has 1 rings (SSSR count). The maximum atomic E-state index is 12.2. The summed E-state index contributed by atoms with van der Waals surface area (Å²) in [6.45, 7) is 7.70. The lowest BCUT2D eigenvalue weighted by atomic mass is 10.0. The molecule has 0 saturated carbocycles. The van der Waals surface area contributed by atoms with Gasteiger partial charge in [-0.15, -0.1) is 0 Å². The fraction of sp³-hybridized carbons (Fsp3) is 0.500. The van der Waals surface area contributed by atoms with E-state index in [2.05, 4.69) is 5.32 Å². The van der Waals surface area contributed by atoms with Crippen molar-refractivity contribution in [3.05, 3.63) is 23.8 Å². The number of benzene rings is 1. The van der Waals surface area contributed by atoms with Gasteiger partial charge in [0.25, 0.3) is 0 Å². The van der Waals surface area contributed by atoms with E-state index in [9.17, 15) is 9.00 Å². The van der Waals surface area contributed by atoms with E-state index in [0.717, 1.165) is 12.0 Å². The van der Waals surface area contributed by atoms with Gasteiger partial charge in [-0.25, -0.2) is 0 Å². The standard InChI is InChI=1S/C14H22N2O2S/c1-5-14(3,4)16-13(17)9-19(18)12-8-6-7-11(15)10(12)2/h6-8H,5,9,15H2,1-4H3,(H,16,17). The molecule has 106 valence electrons. The van der Waals surface area contributed by atoms with Crippen molar-refractivity contribution in [1.82, 2.24) is 5.32 Å². The van der Waals surface area contributed by atoms with Gasteiger partial charge >= 0.3 is 0 Å². The minimum Gasteiger partial charge on any atom is -0.398 e. The first-order valence-electron chi connectivity index (χ1n) is 6.31. The summed E-state index contributed by atoms with van der Waals surface area (Å²) in [5.41, 5.74) is 6.88. The molecule has 0 aliphatic heterocycles. The van der Waals surface area contributed by atoms with E-state index < -0.39 is 10.8 Å². The van der Waals surface area contributed by atoms with Crippen molar-refractivity contribution in [2.45, 2.75) is 44.6 Å². The summed E-state index contributed by atoms with van der Waals surface area (Å²) in [5, 5.41) is 2.88. The molecule has 19 heavy (non-hydrogen) atoms. The SMILES string of the molecule is CCC(C)(C)NC(=O)CS(=O)c1cccc(N)c1C. The van der Waals surface area contributed by atoms with Crippen LogP contribution in [-0.2, 0) is 15.6 Å². The van der Waals surface area contributed by atoms with Gasteiger partial charge in [0.1, 0.15) is 5.75 Å². The third kappa shape index (κ3) is 4.35. The Kier molecular flexibility index (Phi) is 5.11. The average Bonchev–Trinajstić information content (AvgIpc) is 2.31. The minimum absolute atomic E-state index is 0.0340. The van der Waals surface area contributed by atoms with Gasteiger partial charge in [0.05, 0.1) is 10.8 Å². The molecule has 3 N–H and O–H groups in total. The molecular weight excluding hydrogens is 260 g/mol. The Balaban J connectivity index is 2.75. The van der Waals surface area contributed by atoms with Crippen LogP contribution in [0.3, 0.4) is 0 Å². The zero-order chi connectivity index (χ0) is 14.6. The predicted octanol–water partition coefficient (Wildman–Crippen LogP) is 1.99. The first kappa shape index (κ1) is 15.7. The predicted molar refractivity (Wildman–Crippen MR) is 79.4 cm³/mol. The van der Waals surface area contributed by atoms with Gasteiger partial charge in [-0.2, -0.15) is 0 Å². The lowest BCUT2D eigenvalue weighted by Crippen LogP contribution is -2.44. The number of nitrogen functional groups attached to an aromatic ring is 1. The van der Waals surface area contributed by atoms with Crippen molar-refractivity contribution >= 4 is 22.4 Å². The van der Waals surface area contributed by atoms with Gasteiger partial charge in [0.15, 0.2) is 0 Å². The van der Waals surface area contributed by atoms with Crippen LogP contribution in [0.1, 0.15) is 32.8 Å². The molecule has 1 aromatic rings. The largest absolute Gasteiger partial charge is 0.398 e. The summed E-state index contributed by atoms with van der Waals surface area (Å²) in [4.78, 5) is 12.5. The number of carbonyl (C=O) groups is 1. The molecule has 4 nitrogen and oxygen atoms in total. The maximum Gasteiger partial charge on any atom is 0.233 e. The van der Waals surface area contributed by atoms with Gasteiger partial charge in [-0.05, 0) is 44.9 Å². The molecule has 1 aromatic carbocycles. The molecule has 0 bridgehead atoms. The van der Waals surface area contributed by atoms with Crippen LogP contribution in [0.15, 0.2) is 23.1 Å². The lowest BCUT2D eigenvalue weighted by Gasteiger charge is -2.24. The molecule has 0 heterocycles. The fourth-order valence-electron chi connectivity index (χ4n) is 1.58. The van der Waals surface area contributed by atoms with Crippen molar-refractivity contribution in [2.75, 3.05) is 11.5 Å². The molecule has 1 amide bonds. The monoisotopic (exact) mass is 282 g/mol. The van der Waals surface area contributed by atoms with E-state index in [1.165, 1.54) is 0 Å². The number of hydrogen-bond donors (Lipinski definition) is 2. The second-order valence-electron chi connectivity index (χ2n) is 5.25. The molecule has 1 atom stereocenters. The molecule has 0 aliphatic rings. The smallest absolute Gasteiger partial charge is 0.233 e. The van der Waals surface area contributed by atoms with E-state index >= 15 is 0 Å². The van der Waals surface area contributed by atoms with Gasteiger partial charge in [0.2, 0.25) is 5.91 Å². The van der Waals surface area contributed by atoms with Crippen LogP contribution in [0, 0.1) is 6.92 Å². The van der Waals surface area contributed by atoms with Gasteiger partial charge in [0, 0.05) is 16.1 Å². The second kappa shape index (κ2) is 6.19. The molecule has 0 spiro atoms. The van der Waals surface area contributed by atoms with Crippen LogP contribution in [0.4, 0.5) is 5.69 Å². The first-order chi connectivity index (χ1) is 8.76. The Hall–Kier alpha value is -1.36. The zero-order valence-electron chi connectivity index (χ0n) is 11.9. The van der Waals surface area contributed by atoms with E-state index in [1.807, 2.05) is 27.7 Å². The normalized spacial score (nSPS) is 13.1. The summed E-state index contributed by atoms with van der Waals surface area (Å²) in [6.07, 6.45) is 0.822. The quantitative estimate of drug-likeness (QED) is 0.811. The summed E-state index contributed by atoms with van der Waals surface area (Å²) in [5.74, 6) is -0.236. The molecule has 0 aromatic heterocycles. The van der Waals surface area contributed by atoms with Crippen LogP contribution >= 0.6 is 0 Å². The lowest BCUT2D eigenvalue weighted by molar-refractivity contribution is -0.120. The Bertz CT molecular complexity index is 498. The number of hydrogen-bond acceptors (Lipinski definition) is 3. The van der Waals surface area contributed by atoms with Gasteiger partial charge < -0.3 is 11.1 Å². The number of carbonyl (C=O) groups excluding carboxylic acids is 1. The van der Waals surface area contributed by atoms with E-state index in [0.29, 0.717) is 10.6 Å². The average molecular weight is 282 g/mol. The number of rotatable bonds is 5. The van der Waals surface area contributed by atoms with Crippen LogP contribution in [0.2, 0.25) is 0 Å². The van der Waals surface area contributed by atoms with Crippen molar-refractivity contribution in [3.63, 3.8) is 0 Å². The van der Waals surface area contributed by atoms with Crippen LogP contribution in [-0.4, -0.2) is 21.4 Å². The summed E-state index contributed by atoms with van der Waals surface area (Å²) < 4.78 is 12.2. The minimum atomic E-state index is -1.36. The number of nitrogens with one attached hydrogen (secondary N) is 1. The number of anilines is 1. The Morgan fingerprint density at radius 1 is 1.42 bits per heavy atom. The molecule has 0 aliphatic carbocycles. The van der Waals surface area contributed by atoms with Crippen LogP contribution in [0.25, 0.3) is 0 Å². The van der Waals surface area contributed by atoms with Crippen molar-refractivity contribution < 1.29 is 9.00 Å². The van der Waals surface area contributed by atoms with E-state index in [-0.39, 0.29) is 17.2 Å². The number of amides is 1. The Labute approximate surface area is 117 Å². The van der Waals surface area contributed by atoms with Crippen LogP contribution < -0.4 is 11.1 Å². The third-order valence-electron chi connectivity index (χ3n) is 3.20. The molecule has 0 radical (unpaired) electrons. The van der Waals surface area contributed by atoms with Crippen molar-refractivity contribution in [2.24, 2.45) is 0 Å². The highest BCUT2D eigenvalue weighted by Crippen LogP contribution is 2.19. The summed E-state index contributed by atoms with van der Waals surface area (Å²) >= 11 is 0.